The van der Waals surface area contributed by atoms with Gasteiger partial charge in [-0.3, -0.25) is 4.79 Å². The standard InChI is InChI=1S/C32H30O6/c1-34-29-19-27(31(33)25-13-15-26(16-14-25)37-21-23-9-4-2-5-10-23)28(32-35-17-8-18-36-32)20-30(29)38-22-24-11-6-3-7-12-24/h2-7,9-16,19-20,32H,8,17-18,21-22H2,1H3. The molecule has 1 aliphatic heterocycles. The summed E-state index contributed by atoms with van der Waals surface area (Å²) >= 11 is 0. The second-order valence-corrected chi connectivity index (χ2v) is 8.92. The highest BCUT2D eigenvalue weighted by atomic mass is 16.7. The van der Waals surface area contributed by atoms with Gasteiger partial charge in [0.1, 0.15) is 19.0 Å². The SMILES string of the molecule is COc1cc(C(=O)c2ccc(OCc3ccccc3)cc2)c(C2OCCCO2)cc1OCc1ccccc1. The van der Waals surface area contributed by atoms with Crippen LogP contribution in [-0.2, 0) is 22.7 Å². The number of methoxy groups -OCH3 is 1. The molecule has 38 heavy (non-hydrogen) atoms. The van der Waals surface area contributed by atoms with Crippen LogP contribution in [-0.4, -0.2) is 26.1 Å². The maximum absolute atomic E-state index is 13.7. The van der Waals surface area contributed by atoms with Gasteiger partial charge >= 0.3 is 0 Å². The van der Waals surface area contributed by atoms with Crippen LogP contribution >= 0.6 is 0 Å². The van der Waals surface area contributed by atoms with Gasteiger partial charge in [0.15, 0.2) is 23.6 Å². The smallest absolute Gasteiger partial charge is 0.193 e. The molecule has 0 amide bonds. The first-order valence-electron chi connectivity index (χ1n) is 12.6. The van der Waals surface area contributed by atoms with Crippen LogP contribution in [0.15, 0.2) is 97.1 Å². The van der Waals surface area contributed by atoms with E-state index in [1.165, 1.54) is 0 Å². The first kappa shape index (κ1) is 25.5. The van der Waals surface area contributed by atoms with Crippen molar-refractivity contribution < 1.29 is 28.5 Å². The van der Waals surface area contributed by atoms with Crippen molar-refractivity contribution in [3.63, 3.8) is 0 Å². The Morgan fingerprint density at radius 3 is 1.97 bits per heavy atom. The maximum Gasteiger partial charge on any atom is 0.193 e. The molecule has 6 heteroatoms. The van der Waals surface area contributed by atoms with Gasteiger partial charge in [0, 0.05) is 16.7 Å². The number of carbonyl (C=O) groups is 1. The Bertz CT molecular complexity index is 1330. The predicted octanol–water partition coefficient (Wildman–Crippen LogP) is 6.52. The molecular weight excluding hydrogens is 480 g/mol. The van der Waals surface area contributed by atoms with E-state index in [1.807, 2.05) is 60.7 Å². The topological polar surface area (TPSA) is 63.2 Å². The third kappa shape index (κ3) is 6.22. The third-order valence-electron chi connectivity index (χ3n) is 6.26. The highest BCUT2D eigenvalue weighted by Crippen LogP contribution is 2.37. The van der Waals surface area contributed by atoms with Crippen molar-refractivity contribution in [1.29, 1.82) is 0 Å². The molecule has 4 aromatic carbocycles. The molecule has 194 valence electrons. The van der Waals surface area contributed by atoms with Crippen LogP contribution in [0, 0.1) is 0 Å². The maximum atomic E-state index is 13.7. The summed E-state index contributed by atoms with van der Waals surface area (Å²) in [6.07, 6.45) is 0.138. The van der Waals surface area contributed by atoms with Gasteiger partial charge in [0.05, 0.1) is 20.3 Å². The van der Waals surface area contributed by atoms with E-state index in [4.69, 9.17) is 23.7 Å². The summed E-state index contributed by atoms with van der Waals surface area (Å²) in [5.41, 5.74) is 3.68. The molecule has 0 aromatic heterocycles. The number of carbonyl (C=O) groups excluding carboxylic acids is 1. The lowest BCUT2D eigenvalue weighted by Crippen LogP contribution is -2.20. The molecule has 0 unspecified atom stereocenters. The molecule has 0 radical (unpaired) electrons. The molecule has 0 saturated carbocycles. The number of ketones is 1. The Morgan fingerprint density at radius 2 is 1.37 bits per heavy atom. The lowest BCUT2D eigenvalue weighted by atomic mass is 9.96. The van der Waals surface area contributed by atoms with E-state index < -0.39 is 6.29 Å². The zero-order valence-corrected chi connectivity index (χ0v) is 21.3. The summed E-state index contributed by atoms with van der Waals surface area (Å²) < 4.78 is 29.4. The minimum atomic E-state index is -0.666. The van der Waals surface area contributed by atoms with E-state index in [-0.39, 0.29) is 5.78 Å². The number of ether oxygens (including phenoxy) is 5. The second kappa shape index (κ2) is 12.4. The fraction of sp³-hybridized carbons (Fsp3) is 0.219. The van der Waals surface area contributed by atoms with Crippen molar-refractivity contribution in [1.82, 2.24) is 0 Å². The number of benzene rings is 4. The highest BCUT2D eigenvalue weighted by Gasteiger charge is 2.26. The third-order valence-corrected chi connectivity index (χ3v) is 6.26. The van der Waals surface area contributed by atoms with E-state index >= 15 is 0 Å². The molecule has 1 saturated heterocycles. The Balaban J connectivity index is 1.40. The fourth-order valence-electron chi connectivity index (χ4n) is 4.24. The van der Waals surface area contributed by atoms with Gasteiger partial charge in [-0.1, -0.05) is 60.7 Å². The van der Waals surface area contributed by atoms with Gasteiger partial charge in [0.2, 0.25) is 0 Å². The van der Waals surface area contributed by atoms with Crippen LogP contribution in [0.5, 0.6) is 17.2 Å². The summed E-state index contributed by atoms with van der Waals surface area (Å²) in [6.45, 7) is 1.92. The van der Waals surface area contributed by atoms with Crippen LogP contribution < -0.4 is 14.2 Å². The first-order chi connectivity index (χ1) is 18.7. The summed E-state index contributed by atoms with van der Waals surface area (Å²) in [5.74, 6) is 1.50. The lowest BCUT2D eigenvalue weighted by molar-refractivity contribution is -0.183. The molecule has 5 rings (SSSR count). The molecule has 6 nitrogen and oxygen atoms in total. The van der Waals surface area contributed by atoms with Crippen molar-refractivity contribution in [3.05, 3.63) is 125 Å². The number of rotatable bonds is 10. The summed E-state index contributed by atoms with van der Waals surface area (Å²) in [6, 6.07) is 30.5. The van der Waals surface area contributed by atoms with Gasteiger partial charge in [-0.2, -0.15) is 0 Å². The van der Waals surface area contributed by atoms with Gasteiger partial charge in [-0.05, 0) is 53.9 Å². The molecular formula is C32H30O6. The monoisotopic (exact) mass is 510 g/mol. The molecule has 0 bridgehead atoms. The fourth-order valence-corrected chi connectivity index (χ4v) is 4.24. The Labute approximate surface area is 222 Å². The van der Waals surface area contributed by atoms with E-state index in [0.29, 0.717) is 60.4 Å². The zero-order chi connectivity index (χ0) is 26.2. The second-order valence-electron chi connectivity index (χ2n) is 8.92. The Morgan fingerprint density at radius 1 is 0.763 bits per heavy atom. The summed E-state index contributed by atoms with van der Waals surface area (Å²) in [4.78, 5) is 13.7. The van der Waals surface area contributed by atoms with Crippen LogP contribution in [0.4, 0.5) is 0 Å². The average molecular weight is 511 g/mol. The first-order valence-corrected chi connectivity index (χ1v) is 12.6. The van der Waals surface area contributed by atoms with Crippen molar-refractivity contribution in [2.45, 2.75) is 25.9 Å². The van der Waals surface area contributed by atoms with Crippen LogP contribution in [0.3, 0.4) is 0 Å². The minimum absolute atomic E-state index is 0.166. The summed E-state index contributed by atoms with van der Waals surface area (Å²) in [7, 11) is 1.56. The number of hydrogen-bond acceptors (Lipinski definition) is 6. The molecule has 0 atom stereocenters. The van der Waals surface area contributed by atoms with E-state index in [9.17, 15) is 4.79 Å². The number of hydrogen-bond donors (Lipinski definition) is 0. The Kier molecular flexibility index (Phi) is 8.33. The molecule has 1 aliphatic rings. The van der Waals surface area contributed by atoms with E-state index in [1.54, 1.807) is 43.5 Å². The van der Waals surface area contributed by atoms with Crippen molar-refractivity contribution in [2.24, 2.45) is 0 Å². The summed E-state index contributed by atoms with van der Waals surface area (Å²) in [5, 5.41) is 0. The molecule has 4 aromatic rings. The minimum Gasteiger partial charge on any atom is -0.493 e. The van der Waals surface area contributed by atoms with Crippen LogP contribution in [0.2, 0.25) is 0 Å². The quantitative estimate of drug-likeness (QED) is 0.226. The molecule has 1 heterocycles. The van der Waals surface area contributed by atoms with Gasteiger partial charge < -0.3 is 23.7 Å². The zero-order valence-electron chi connectivity index (χ0n) is 21.3. The highest BCUT2D eigenvalue weighted by molar-refractivity contribution is 6.10. The normalized spacial score (nSPS) is 13.6. The molecule has 1 fully saturated rings. The van der Waals surface area contributed by atoms with Gasteiger partial charge in [0.25, 0.3) is 0 Å². The predicted molar refractivity (Wildman–Crippen MR) is 144 cm³/mol. The average Bonchev–Trinajstić information content (AvgIpc) is 3.00. The van der Waals surface area contributed by atoms with Crippen LogP contribution in [0.1, 0.15) is 45.3 Å². The molecule has 0 N–H and O–H groups in total. The Hall–Kier alpha value is -4.13. The molecule has 0 aliphatic carbocycles. The molecule has 0 spiro atoms. The van der Waals surface area contributed by atoms with Crippen molar-refractivity contribution in [3.8, 4) is 17.2 Å². The lowest BCUT2D eigenvalue weighted by Gasteiger charge is -2.26. The van der Waals surface area contributed by atoms with E-state index in [0.717, 1.165) is 17.5 Å². The van der Waals surface area contributed by atoms with E-state index in [2.05, 4.69) is 0 Å². The van der Waals surface area contributed by atoms with Gasteiger partial charge in [-0.15, -0.1) is 0 Å². The largest absolute Gasteiger partial charge is 0.493 e. The van der Waals surface area contributed by atoms with Gasteiger partial charge in [-0.25, -0.2) is 0 Å². The van der Waals surface area contributed by atoms with Crippen molar-refractivity contribution in [2.75, 3.05) is 20.3 Å². The van der Waals surface area contributed by atoms with Crippen molar-refractivity contribution >= 4 is 5.78 Å². The van der Waals surface area contributed by atoms with Crippen LogP contribution in [0.25, 0.3) is 0 Å².